The summed E-state index contributed by atoms with van der Waals surface area (Å²) in [5.41, 5.74) is 1.48. The zero-order valence-electron chi connectivity index (χ0n) is 12.4. The van der Waals surface area contributed by atoms with Crippen LogP contribution in [0.25, 0.3) is 0 Å². The van der Waals surface area contributed by atoms with E-state index >= 15 is 0 Å². The van der Waals surface area contributed by atoms with E-state index in [1.165, 1.54) is 4.90 Å². The minimum atomic E-state index is -1.03. The fourth-order valence-corrected chi connectivity index (χ4v) is 3.88. The zero-order valence-corrected chi connectivity index (χ0v) is 12.4. The number of carbonyl (C=O) groups is 2. The van der Waals surface area contributed by atoms with Crippen LogP contribution in [0.5, 0.6) is 0 Å². The molecule has 2 fully saturated rings. The van der Waals surface area contributed by atoms with Gasteiger partial charge >= 0.3 is 0 Å². The molecule has 2 bridgehead atoms. The number of imide groups is 1. The van der Waals surface area contributed by atoms with Crippen LogP contribution in [0.15, 0.2) is 30.4 Å². The lowest BCUT2D eigenvalue weighted by Gasteiger charge is -2.26. The molecule has 2 saturated heterocycles. The molecule has 22 heavy (non-hydrogen) atoms. The van der Waals surface area contributed by atoms with Gasteiger partial charge in [0, 0.05) is 0 Å². The van der Waals surface area contributed by atoms with Gasteiger partial charge in [0.2, 0.25) is 11.8 Å². The first-order chi connectivity index (χ1) is 10.5. The van der Waals surface area contributed by atoms with E-state index in [4.69, 9.17) is 4.74 Å². The number of aliphatic hydroxyl groups is 1. The Morgan fingerprint density at radius 3 is 2.77 bits per heavy atom. The third kappa shape index (κ3) is 1.50. The molecule has 0 aliphatic carbocycles. The number of hydrogen-bond acceptors (Lipinski definition) is 4. The molecule has 0 saturated carbocycles. The summed E-state index contributed by atoms with van der Waals surface area (Å²) in [6.45, 7) is 3.52. The van der Waals surface area contributed by atoms with Crippen molar-refractivity contribution in [2.45, 2.75) is 25.6 Å². The second-order valence-corrected chi connectivity index (χ2v) is 6.36. The molecule has 5 heteroatoms. The second kappa shape index (κ2) is 4.27. The van der Waals surface area contributed by atoms with Crippen LogP contribution in [-0.2, 0) is 14.3 Å². The van der Waals surface area contributed by atoms with Crippen molar-refractivity contribution in [3.05, 3.63) is 41.5 Å². The van der Waals surface area contributed by atoms with Crippen LogP contribution in [0, 0.1) is 25.7 Å². The van der Waals surface area contributed by atoms with Gasteiger partial charge in [0.25, 0.3) is 0 Å². The Balaban J connectivity index is 1.81. The van der Waals surface area contributed by atoms with Gasteiger partial charge in [0.1, 0.15) is 5.60 Å². The maximum Gasteiger partial charge on any atom is 0.241 e. The predicted octanol–water partition coefficient (Wildman–Crippen LogP) is 1.11. The molecule has 3 aliphatic rings. The van der Waals surface area contributed by atoms with Crippen molar-refractivity contribution in [2.24, 2.45) is 11.8 Å². The third-order valence-corrected chi connectivity index (χ3v) is 5.01. The smallest absolute Gasteiger partial charge is 0.241 e. The number of nitrogens with zero attached hydrogens (tertiary/aromatic N) is 1. The summed E-state index contributed by atoms with van der Waals surface area (Å²) in [4.78, 5) is 27.0. The lowest BCUT2D eigenvalue weighted by Crippen LogP contribution is -2.43. The van der Waals surface area contributed by atoms with Gasteiger partial charge in [-0.05, 0) is 31.0 Å². The van der Waals surface area contributed by atoms with E-state index in [0.29, 0.717) is 5.69 Å². The van der Waals surface area contributed by atoms with Crippen LogP contribution in [0.1, 0.15) is 11.1 Å². The minimum Gasteiger partial charge on any atom is -0.393 e. The molecular weight excluding hydrogens is 282 g/mol. The SMILES string of the molecule is Cc1ccc(C)c(N2C(=O)[C@@H]3[C@H]4C=C[C@@](CO)(O4)[C@H]3C2=O)c1. The normalized spacial score (nSPS) is 35.6. The average Bonchev–Trinajstić information content (AvgIpc) is 3.14. The van der Waals surface area contributed by atoms with Gasteiger partial charge in [0.15, 0.2) is 0 Å². The molecule has 5 nitrogen and oxygen atoms in total. The van der Waals surface area contributed by atoms with Gasteiger partial charge < -0.3 is 9.84 Å². The van der Waals surface area contributed by atoms with Crippen molar-refractivity contribution in [2.75, 3.05) is 11.5 Å². The number of aliphatic hydroxyl groups excluding tert-OH is 1. The van der Waals surface area contributed by atoms with Crippen LogP contribution in [0.2, 0.25) is 0 Å². The van der Waals surface area contributed by atoms with Crippen LogP contribution in [0.4, 0.5) is 5.69 Å². The van der Waals surface area contributed by atoms with E-state index in [2.05, 4.69) is 0 Å². The lowest BCUT2D eigenvalue weighted by molar-refractivity contribution is -0.128. The van der Waals surface area contributed by atoms with E-state index in [-0.39, 0.29) is 18.4 Å². The molecule has 4 atom stereocenters. The first-order valence-corrected chi connectivity index (χ1v) is 7.41. The van der Waals surface area contributed by atoms with Gasteiger partial charge in [-0.1, -0.05) is 24.3 Å². The zero-order chi connectivity index (χ0) is 15.6. The first-order valence-electron chi connectivity index (χ1n) is 7.41. The maximum atomic E-state index is 12.9. The Bertz CT molecular complexity index is 725. The van der Waals surface area contributed by atoms with Crippen molar-refractivity contribution in [3.8, 4) is 0 Å². The number of anilines is 1. The number of amides is 2. The van der Waals surface area contributed by atoms with Crippen LogP contribution in [-0.4, -0.2) is 35.2 Å². The standard InChI is InChI=1S/C17H17NO4/c1-9-3-4-10(2)11(7-9)18-15(20)13-12-5-6-17(8-19,22-12)14(13)16(18)21/h3-7,12-14,19H,8H2,1-2H3/t12-,13-,14-,17+/m1/s1. The van der Waals surface area contributed by atoms with Crippen molar-refractivity contribution in [3.63, 3.8) is 0 Å². The molecule has 2 amide bonds. The summed E-state index contributed by atoms with van der Waals surface area (Å²) < 4.78 is 5.73. The number of aryl methyl sites for hydroxylation is 2. The van der Waals surface area contributed by atoms with E-state index in [9.17, 15) is 14.7 Å². The first kappa shape index (κ1) is 13.7. The van der Waals surface area contributed by atoms with Crippen molar-refractivity contribution in [1.29, 1.82) is 0 Å². The quantitative estimate of drug-likeness (QED) is 0.656. The van der Waals surface area contributed by atoms with Crippen LogP contribution < -0.4 is 4.90 Å². The summed E-state index contributed by atoms with van der Waals surface area (Å²) in [7, 11) is 0. The van der Waals surface area contributed by atoms with E-state index in [1.807, 2.05) is 32.0 Å². The predicted molar refractivity (Wildman–Crippen MR) is 79.2 cm³/mol. The fourth-order valence-electron chi connectivity index (χ4n) is 3.88. The number of benzene rings is 1. The highest BCUT2D eigenvalue weighted by molar-refractivity contribution is 6.23. The van der Waals surface area contributed by atoms with Gasteiger partial charge in [-0.15, -0.1) is 0 Å². The molecule has 3 heterocycles. The molecule has 0 unspecified atom stereocenters. The molecular formula is C17H17NO4. The Kier molecular flexibility index (Phi) is 2.65. The molecule has 4 rings (SSSR count). The molecule has 3 aliphatic heterocycles. The Labute approximate surface area is 128 Å². The van der Waals surface area contributed by atoms with Crippen LogP contribution in [0.3, 0.4) is 0 Å². The van der Waals surface area contributed by atoms with Crippen molar-refractivity contribution >= 4 is 17.5 Å². The van der Waals surface area contributed by atoms with Crippen molar-refractivity contribution in [1.82, 2.24) is 0 Å². The Hall–Kier alpha value is -1.98. The fraction of sp³-hybridized carbons (Fsp3) is 0.412. The molecule has 114 valence electrons. The number of rotatable bonds is 2. The highest BCUT2D eigenvalue weighted by Gasteiger charge is 2.67. The second-order valence-electron chi connectivity index (χ2n) is 6.36. The Morgan fingerprint density at radius 2 is 2.05 bits per heavy atom. The maximum absolute atomic E-state index is 12.9. The molecule has 0 aromatic heterocycles. The van der Waals surface area contributed by atoms with Gasteiger partial charge in [0.05, 0.1) is 30.2 Å². The Morgan fingerprint density at radius 1 is 1.27 bits per heavy atom. The summed E-state index contributed by atoms with van der Waals surface area (Å²) in [6, 6.07) is 5.72. The number of ether oxygens (including phenoxy) is 1. The van der Waals surface area contributed by atoms with Crippen molar-refractivity contribution < 1.29 is 19.4 Å². The van der Waals surface area contributed by atoms with Gasteiger partial charge in [-0.25, -0.2) is 4.90 Å². The molecule has 1 N–H and O–H groups in total. The third-order valence-electron chi connectivity index (χ3n) is 5.01. The largest absolute Gasteiger partial charge is 0.393 e. The summed E-state index contributed by atoms with van der Waals surface area (Å²) in [5, 5.41) is 9.69. The monoisotopic (exact) mass is 299 g/mol. The number of hydrogen-bond donors (Lipinski definition) is 1. The average molecular weight is 299 g/mol. The minimum absolute atomic E-state index is 0.228. The van der Waals surface area contributed by atoms with E-state index < -0.39 is 23.5 Å². The highest BCUT2D eigenvalue weighted by Crippen LogP contribution is 2.52. The summed E-state index contributed by atoms with van der Waals surface area (Å²) in [5.74, 6) is -1.65. The molecule has 1 aromatic carbocycles. The molecule has 0 radical (unpaired) electrons. The number of carbonyl (C=O) groups excluding carboxylic acids is 2. The highest BCUT2D eigenvalue weighted by atomic mass is 16.5. The van der Waals surface area contributed by atoms with E-state index in [1.54, 1.807) is 12.2 Å². The van der Waals surface area contributed by atoms with Gasteiger partial charge in [-0.2, -0.15) is 0 Å². The lowest BCUT2D eigenvalue weighted by atomic mass is 9.77. The summed E-state index contributed by atoms with van der Waals surface area (Å²) in [6.07, 6.45) is 3.11. The van der Waals surface area contributed by atoms with Gasteiger partial charge in [-0.3, -0.25) is 9.59 Å². The topological polar surface area (TPSA) is 66.8 Å². The van der Waals surface area contributed by atoms with Crippen LogP contribution >= 0.6 is 0 Å². The molecule has 0 spiro atoms. The molecule has 1 aromatic rings. The van der Waals surface area contributed by atoms with E-state index in [0.717, 1.165) is 11.1 Å². The summed E-state index contributed by atoms with van der Waals surface area (Å²) >= 11 is 0. The number of fused-ring (bicyclic) bond motifs is 5.